The van der Waals surface area contributed by atoms with Gasteiger partial charge in [0.15, 0.2) is 0 Å². The Morgan fingerprint density at radius 3 is 2.09 bits per heavy atom. The highest BCUT2D eigenvalue weighted by molar-refractivity contribution is 5.71. The Morgan fingerprint density at radius 1 is 1.36 bits per heavy atom. The lowest BCUT2D eigenvalue weighted by molar-refractivity contribution is -0.139. The van der Waals surface area contributed by atoms with Crippen LogP contribution in [0.15, 0.2) is 11.6 Å². The van der Waals surface area contributed by atoms with E-state index >= 15 is 0 Å². The second-order valence-corrected chi connectivity index (χ2v) is 3.19. The molecule has 0 saturated carbocycles. The topological polar surface area (TPSA) is 37.3 Å². The summed E-state index contributed by atoms with van der Waals surface area (Å²) in [5.41, 5.74) is 1.14. The first-order valence-corrected chi connectivity index (χ1v) is 3.86. The quantitative estimate of drug-likeness (QED) is 0.636. The summed E-state index contributed by atoms with van der Waals surface area (Å²) in [7, 11) is 0. The summed E-state index contributed by atoms with van der Waals surface area (Å²) in [6.45, 7) is 7.76. The lowest BCUT2D eigenvalue weighted by atomic mass is 10.0. The van der Waals surface area contributed by atoms with Crippen LogP contribution in [-0.4, -0.2) is 11.1 Å². The molecule has 0 saturated heterocycles. The lowest BCUT2D eigenvalue weighted by Gasteiger charge is -2.06. The van der Waals surface area contributed by atoms with Gasteiger partial charge >= 0.3 is 5.97 Å². The molecule has 2 nitrogen and oxygen atoms in total. The number of carbonyl (C=O) groups is 1. The number of hydrogen-bond acceptors (Lipinski definition) is 1. The molecule has 64 valence electrons. The Hall–Kier alpha value is -0.790. The molecule has 0 aliphatic heterocycles. The van der Waals surface area contributed by atoms with Crippen molar-refractivity contribution >= 4 is 5.97 Å². The van der Waals surface area contributed by atoms with Gasteiger partial charge in [-0.1, -0.05) is 25.5 Å². The first-order chi connectivity index (χ1) is 4.95. The zero-order valence-corrected chi connectivity index (χ0v) is 7.59. The summed E-state index contributed by atoms with van der Waals surface area (Å²) in [5, 5.41) is 8.57. The summed E-state index contributed by atoms with van der Waals surface area (Å²) in [5.74, 6) is -0.681. The molecule has 1 unspecified atom stereocenters. The van der Waals surface area contributed by atoms with Gasteiger partial charge in [-0.2, -0.15) is 0 Å². The number of carboxylic acids is 1. The predicted octanol–water partition coefficient (Wildman–Crippen LogP) is 2.31. The number of carboxylic acid groups (broad SMARTS) is 1. The molecule has 0 aromatic heterocycles. The van der Waals surface area contributed by atoms with Crippen molar-refractivity contribution in [1.82, 2.24) is 0 Å². The fourth-order valence-electron chi connectivity index (χ4n) is 0.658. The molecule has 0 spiro atoms. The highest BCUT2D eigenvalue weighted by atomic mass is 16.4. The van der Waals surface area contributed by atoms with Gasteiger partial charge in [0.2, 0.25) is 0 Å². The molecule has 0 aliphatic rings. The summed E-state index contributed by atoms with van der Waals surface area (Å²) in [6.07, 6.45) is 1.80. The Kier molecular flexibility index (Phi) is 3.86. The molecule has 0 fully saturated rings. The lowest BCUT2D eigenvalue weighted by Crippen LogP contribution is -2.07. The minimum atomic E-state index is -0.759. The molecule has 1 N–H and O–H groups in total. The van der Waals surface area contributed by atoms with Gasteiger partial charge in [0, 0.05) is 0 Å². The van der Waals surface area contributed by atoms with Crippen LogP contribution in [0.25, 0.3) is 0 Å². The predicted molar refractivity (Wildman–Crippen MR) is 45.4 cm³/mol. The SMILES string of the molecule is C/C(=C\C(C)C(=O)O)C(C)C. The molecular weight excluding hydrogens is 140 g/mol. The van der Waals surface area contributed by atoms with Crippen LogP contribution in [0.3, 0.4) is 0 Å². The molecule has 0 aromatic carbocycles. The smallest absolute Gasteiger partial charge is 0.310 e. The van der Waals surface area contributed by atoms with Crippen molar-refractivity contribution in [2.24, 2.45) is 11.8 Å². The van der Waals surface area contributed by atoms with Crippen LogP contribution in [0.4, 0.5) is 0 Å². The third-order valence-electron chi connectivity index (χ3n) is 1.81. The molecule has 11 heavy (non-hydrogen) atoms. The second kappa shape index (κ2) is 4.16. The molecule has 0 aromatic rings. The minimum absolute atomic E-state index is 0.364. The molecule has 0 heterocycles. The van der Waals surface area contributed by atoms with Crippen molar-refractivity contribution in [3.05, 3.63) is 11.6 Å². The van der Waals surface area contributed by atoms with Gasteiger partial charge in [-0.3, -0.25) is 4.79 Å². The van der Waals surface area contributed by atoms with Gasteiger partial charge in [0.25, 0.3) is 0 Å². The fraction of sp³-hybridized carbons (Fsp3) is 0.667. The zero-order chi connectivity index (χ0) is 9.02. The average Bonchev–Trinajstić information content (AvgIpc) is 1.87. The Labute approximate surface area is 67.9 Å². The highest BCUT2D eigenvalue weighted by Crippen LogP contribution is 2.11. The van der Waals surface area contributed by atoms with E-state index in [1.54, 1.807) is 13.0 Å². The molecule has 0 amide bonds. The van der Waals surface area contributed by atoms with E-state index in [4.69, 9.17) is 5.11 Å². The number of aliphatic carboxylic acids is 1. The normalized spacial score (nSPS) is 15.2. The molecule has 1 atom stereocenters. The molecule has 0 radical (unpaired) electrons. The van der Waals surface area contributed by atoms with Crippen molar-refractivity contribution in [3.63, 3.8) is 0 Å². The maximum absolute atomic E-state index is 10.4. The van der Waals surface area contributed by atoms with E-state index < -0.39 is 5.97 Å². The van der Waals surface area contributed by atoms with Gasteiger partial charge in [0.1, 0.15) is 0 Å². The van der Waals surface area contributed by atoms with E-state index in [2.05, 4.69) is 13.8 Å². The van der Waals surface area contributed by atoms with Crippen LogP contribution < -0.4 is 0 Å². The zero-order valence-electron chi connectivity index (χ0n) is 7.59. The van der Waals surface area contributed by atoms with Gasteiger partial charge in [-0.25, -0.2) is 0 Å². The van der Waals surface area contributed by atoms with E-state index in [0.29, 0.717) is 5.92 Å². The van der Waals surface area contributed by atoms with Crippen LogP contribution in [0.5, 0.6) is 0 Å². The summed E-state index contributed by atoms with van der Waals surface area (Å²) >= 11 is 0. The van der Waals surface area contributed by atoms with E-state index in [0.717, 1.165) is 5.57 Å². The van der Waals surface area contributed by atoms with E-state index in [1.165, 1.54) is 0 Å². The summed E-state index contributed by atoms with van der Waals surface area (Å²) in [4.78, 5) is 10.4. The van der Waals surface area contributed by atoms with Crippen LogP contribution >= 0.6 is 0 Å². The van der Waals surface area contributed by atoms with E-state index in [1.807, 2.05) is 6.92 Å². The monoisotopic (exact) mass is 156 g/mol. The Balaban J connectivity index is 4.19. The summed E-state index contributed by atoms with van der Waals surface area (Å²) in [6, 6.07) is 0. The number of rotatable bonds is 3. The van der Waals surface area contributed by atoms with E-state index in [-0.39, 0.29) is 5.92 Å². The van der Waals surface area contributed by atoms with Crippen LogP contribution in [-0.2, 0) is 4.79 Å². The minimum Gasteiger partial charge on any atom is -0.481 e. The second-order valence-electron chi connectivity index (χ2n) is 3.19. The highest BCUT2D eigenvalue weighted by Gasteiger charge is 2.08. The maximum atomic E-state index is 10.4. The van der Waals surface area contributed by atoms with Crippen molar-refractivity contribution in [3.8, 4) is 0 Å². The van der Waals surface area contributed by atoms with Gasteiger partial charge in [-0.05, 0) is 19.8 Å². The molecule has 0 bridgehead atoms. The van der Waals surface area contributed by atoms with E-state index in [9.17, 15) is 4.79 Å². The largest absolute Gasteiger partial charge is 0.481 e. The van der Waals surface area contributed by atoms with Gasteiger partial charge in [-0.15, -0.1) is 0 Å². The maximum Gasteiger partial charge on any atom is 0.310 e. The third kappa shape index (κ3) is 3.81. The van der Waals surface area contributed by atoms with Gasteiger partial charge < -0.3 is 5.11 Å². The number of hydrogen-bond donors (Lipinski definition) is 1. The fourth-order valence-corrected chi connectivity index (χ4v) is 0.658. The van der Waals surface area contributed by atoms with Crippen LogP contribution in [0.2, 0.25) is 0 Å². The van der Waals surface area contributed by atoms with Crippen molar-refractivity contribution in [1.29, 1.82) is 0 Å². The Bertz CT molecular complexity index is 168. The first-order valence-electron chi connectivity index (χ1n) is 3.86. The molecule has 0 rings (SSSR count). The van der Waals surface area contributed by atoms with Crippen LogP contribution in [0, 0.1) is 11.8 Å². The third-order valence-corrected chi connectivity index (χ3v) is 1.81. The molecular formula is C9H16O2. The van der Waals surface area contributed by atoms with Crippen molar-refractivity contribution < 1.29 is 9.90 Å². The average molecular weight is 156 g/mol. The van der Waals surface area contributed by atoms with Crippen molar-refractivity contribution in [2.75, 3.05) is 0 Å². The first kappa shape index (κ1) is 10.2. The van der Waals surface area contributed by atoms with Crippen LogP contribution in [0.1, 0.15) is 27.7 Å². The summed E-state index contributed by atoms with van der Waals surface area (Å²) < 4.78 is 0. The standard InChI is InChI=1S/C9H16O2/c1-6(2)7(3)5-8(4)9(10)11/h5-6,8H,1-4H3,(H,10,11)/b7-5+. The molecule has 0 aliphatic carbocycles. The number of allylic oxidation sites excluding steroid dienone is 1. The Morgan fingerprint density at radius 2 is 1.82 bits per heavy atom. The molecule has 2 heteroatoms. The van der Waals surface area contributed by atoms with Crippen molar-refractivity contribution in [2.45, 2.75) is 27.7 Å². The van der Waals surface area contributed by atoms with Gasteiger partial charge in [0.05, 0.1) is 5.92 Å².